The molecule has 122 valence electrons. The van der Waals surface area contributed by atoms with Crippen LogP contribution in [0, 0.1) is 11.5 Å². The molecule has 1 aliphatic rings. The number of carbonyl (C=O) groups excluding carboxylic acids is 1. The highest BCUT2D eigenvalue weighted by molar-refractivity contribution is 5.94. The summed E-state index contributed by atoms with van der Waals surface area (Å²) in [5.74, 6) is 1.25. The van der Waals surface area contributed by atoms with E-state index in [1.807, 2.05) is 48.7 Å². The van der Waals surface area contributed by atoms with E-state index in [4.69, 9.17) is 10.00 Å². The summed E-state index contributed by atoms with van der Waals surface area (Å²) < 4.78 is 5.76. The predicted octanol–water partition coefficient (Wildman–Crippen LogP) is 3.20. The van der Waals surface area contributed by atoms with Crippen molar-refractivity contribution in [2.45, 2.75) is 31.3 Å². The average molecular weight is 321 g/mol. The van der Waals surface area contributed by atoms with E-state index in [0.29, 0.717) is 11.3 Å². The average Bonchev–Trinajstić information content (AvgIpc) is 3.03. The zero-order valence-electron chi connectivity index (χ0n) is 13.2. The van der Waals surface area contributed by atoms with E-state index in [0.717, 1.165) is 25.0 Å². The zero-order chi connectivity index (χ0) is 16.8. The molecule has 0 bridgehead atoms. The maximum absolute atomic E-state index is 12.4. The van der Waals surface area contributed by atoms with Gasteiger partial charge in [-0.1, -0.05) is 24.3 Å². The van der Waals surface area contributed by atoms with Gasteiger partial charge in [0, 0.05) is 17.6 Å². The fourth-order valence-corrected chi connectivity index (χ4v) is 2.93. The SMILES string of the molecule is N#CN[C@H]1CC[C@@H](NC(=O)c2cccc(Oc3ccccc3)c2)C1. The van der Waals surface area contributed by atoms with Gasteiger partial charge in [0.2, 0.25) is 0 Å². The van der Waals surface area contributed by atoms with Crippen molar-refractivity contribution >= 4 is 5.91 Å². The summed E-state index contributed by atoms with van der Waals surface area (Å²) in [6, 6.07) is 16.9. The molecule has 0 heterocycles. The van der Waals surface area contributed by atoms with Crippen molar-refractivity contribution < 1.29 is 9.53 Å². The highest BCUT2D eigenvalue weighted by Crippen LogP contribution is 2.23. The van der Waals surface area contributed by atoms with Gasteiger partial charge in [-0.2, -0.15) is 5.26 Å². The molecular weight excluding hydrogens is 302 g/mol. The summed E-state index contributed by atoms with van der Waals surface area (Å²) in [5, 5.41) is 14.5. The smallest absolute Gasteiger partial charge is 0.251 e. The van der Waals surface area contributed by atoms with E-state index >= 15 is 0 Å². The van der Waals surface area contributed by atoms with Crippen molar-refractivity contribution in [1.29, 1.82) is 5.26 Å². The van der Waals surface area contributed by atoms with Gasteiger partial charge in [0.05, 0.1) is 0 Å². The minimum Gasteiger partial charge on any atom is -0.457 e. The first kappa shape index (κ1) is 15.9. The van der Waals surface area contributed by atoms with Crippen LogP contribution >= 0.6 is 0 Å². The molecule has 1 fully saturated rings. The molecule has 0 radical (unpaired) electrons. The van der Waals surface area contributed by atoms with E-state index < -0.39 is 0 Å². The maximum atomic E-state index is 12.4. The molecule has 0 aromatic heterocycles. The van der Waals surface area contributed by atoms with E-state index in [2.05, 4.69) is 10.6 Å². The number of nitrogens with one attached hydrogen (secondary N) is 2. The summed E-state index contributed by atoms with van der Waals surface area (Å²) >= 11 is 0. The summed E-state index contributed by atoms with van der Waals surface area (Å²) in [7, 11) is 0. The third-order valence-corrected chi connectivity index (χ3v) is 4.11. The number of rotatable bonds is 5. The lowest BCUT2D eigenvalue weighted by Gasteiger charge is -2.13. The van der Waals surface area contributed by atoms with Crippen molar-refractivity contribution in [3.63, 3.8) is 0 Å². The molecule has 5 nitrogen and oxygen atoms in total. The van der Waals surface area contributed by atoms with E-state index in [1.54, 1.807) is 12.1 Å². The second-order valence-corrected chi connectivity index (χ2v) is 5.88. The number of nitrogens with zero attached hydrogens (tertiary/aromatic N) is 1. The highest BCUT2D eigenvalue weighted by Gasteiger charge is 2.25. The second-order valence-electron chi connectivity index (χ2n) is 5.88. The van der Waals surface area contributed by atoms with Crippen molar-refractivity contribution in [3.05, 3.63) is 60.2 Å². The zero-order valence-corrected chi connectivity index (χ0v) is 13.2. The Hall–Kier alpha value is -3.00. The molecule has 1 amide bonds. The fraction of sp³-hybridized carbons (Fsp3) is 0.263. The molecule has 2 aromatic rings. The van der Waals surface area contributed by atoms with Gasteiger partial charge in [0.1, 0.15) is 11.5 Å². The Labute approximate surface area is 141 Å². The molecule has 2 N–H and O–H groups in total. The Kier molecular flexibility index (Phi) is 4.97. The largest absolute Gasteiger partial charge is 0.457 e. The lowest BCUT2D eigenvalue weighted by atomic mass is 10.1. The first-order valence-electron chi connectivity index (χ1n) is 8.03. The molecular formula is C19H19N3O2. The van der Waals surface area contributed by atoms with Gasteiger partial charge in [-0.3, -0.25) is 4.79 Å². The van der Waals surface area contributed by atoms with Crippen LogP contribution in [-0.4, -0.2) is 18.0 Å². The van der Waals surface area contributed by atoms with Crippen LogP contribution in [0.15, 0.2) is 54.6 Å². The first-order chi connectivity index (χ1) is 11.7. The standard InChI is InChI=1S/C19H19N3O2/c20-13-21-15-9-10-16(12-15)22-19(23)14-5-4-8-18(11-14)24-17-6-2-1-3-7-17/h1-8,11,15-16,21H,9-10,12H2,(H,22,23)/t15-,16+/m0/s1. The Morgan fingerprint density at radius 3 is 2.58 bits per heavy atom. The number of para-hydroxylation sites is 1. The van der Waals surface area contributed by atoms with Crippen molar-refractivity contribution in [2.24, 2.45) is 0 Å². The summed E-state index contributed by atoms with van der Waals surface area (Å²) in [6.45, 7) is 0. The summed E-state index contributed by atoms with van der Waals surface area (Å²) in [4.78, 5) is 12.4. The van der Waals surface area contributed by atoms with Crippen molar-refractivity contribution in [2.75, 3.05) is 0 Å². The minimum atomic E-state index is -0.115. The van der Waals surface area contributed by atoms with Crippen LogP contribution in [0.4, 0.5) is 0 Å². The van der Waals surface area contributed by atoms with Crippen LogP contribution < -0.4 is 15.4 Å². The molecule has 1 aliphatic carbocycles. The van der Waals surface area contributed by atoms with Gasteiger partial charge in [-0.05, 0) is 49.6 Å². The van der Waals surface area contributed by atoms with Crippen LogP contribution in [0.5, 0.6) is 11.5 Å². The van der Waals surface area contributed by atoms with Crippen molar-refractivity contribution in [1.82, 2.24) is 10.6 Å². The van der Waals surface area contributed by atoms with Gasteiger partial charge >= 0.3 is 0 Å². The number of amides is 1. The summed E-state index contributed by atoms with van der Waals surface area (Å²) in [5.41, 5.74) is 0.570. The highest BCUT2D eigenvalue weighted by atomic mass is 16.5. The van der Waals surface area contributed by atoms with Gasteiger partial charge < -0.3 is 15.4 Å². The van der Waals surface area contributed by atoms with Crippen LogP contribution in [0.2, 0.25) is 0 Å². The molecule has 0 spiro atoms. The molecule has 0 unspecified atom stereocenters. The number of nitriles is 1. The second kappa shape index (κ2) is 7.51. The molecule has 24 heavy (non-hydrogen) atoms. The number of hydrogen-bond donors (Lipinski definition) is 2. The lowest BCUT2D eigenvalue weighted by Crippen LogP contribution is -2.34. The fourth-order valence-electron chi connectivity index (χ4n) is 2.93. The maximum Gasteiger partial charge on any atom is 0.251 e. The monoisotopic (exact) mass is 321 g/mol. The van der Waals surface area contributed by atoms with Crippen LogP contribution in [-0.2, 0) is 0 Å². The third-order valence-electron chi connectivity index (χ3n) is 4.11. The lowest BCUT2D eigenvalue weighted by molar-refractivity contribution is 0.0937. The quantitative estimate of drug-likeness (QED) is 0.655. The van der Waals surface area contributed by atoms with Gasteiger partial charge in [0.15, 0.2) is 6.19 Å². The van der Waals surface area contributed by atoms with E-state index in [9.17, 15) is 4.79 Å². The first-order valence-corrected chi connectivity index (χ1v) is 8.03. The van der Waals surface area contributed by atoms with E-state index in [-0.39, 0.29) is 18.0 Å². The van der Waals surface area contributed by atoms with Crippen LogP contribution in [0.1, 0.15) is 29.6 Å². The Balaban J connectivity index is 1.61. The van der Waals surface area contributed by atoms with Gasteiger partial charge in [0.25, 0.3) is 5.91 Å². The Bertz CT molecular complexity index is 740. The van der Waals surface area contributed by atoms with Crippen molar-refractivity contribution in [3.8, 4) is 17.7 Å². The van der Waals surface area contributed by atoms with Crippen LogP contribution in [0.3, 0.4) is 0 Å². The molecule has 0 saturated heterocycles. The molecule has 1 saturated carbocycles. The van der Waals surface area contributed by atoms with Gasteiger partial charge in [-0.25, -0.2) is 0 Å². The Morgan fingerprint density at radius 1 is 1.04 bits per heavy atom. The van der Waals surface area contributed by atoms with Crippen LogP contribution in [0.25, 0.3) is 0 Å². The predicted molar refractivity (Wildman–Crippen MR) is 90.6 cm³/mol. The molecule has 3 rings (SSSR count). The normalized spacial score (nSPS) is 19.3. The van der Waals surface area contributed by atoms with E-state index in [1.165, 1.54) is 0 Å². The molecule has 2 aromatic carbocycles. The topological polar surface area (TPSA) is 74.2 Å². The third kappa shape index (κ3) is 4.05. The summed E-state index contributed by atoms with van der Waals surface area (Å²) in [6.07, 6.45) is 4.52. The number of ether oxygens (including phenoxy) is 1. The Morgan fingerprint density at radius 2 is 1.79 bits per heavy atom. The molecule has 5 heteroatoms. The van der Waals surface area contributed by atoms with Gasteiger partial charge in [-0.15, -0.1) is 0 Å². The molecule has 0 aliphatic heterocycles. The number of hydrogen-bond acceptors (Lipinski definition) is 4. The molecule has 2 atom stereocenters. The number of benzene rings is 2. The minimum absolute atomic E-state index is 0.0991. The number of carbonyl (C=O) groups is 1.